The molecule has 0 saturated heterocycles. The highest BCUT2D eigenvalue weighted by atomic mass is 16.5. The molecule has 7 heteroatoms. The van der Waals surface area contributed by atoms with Crippen molar-refractivity contribution in [1.29, 1.82) is 0 Å². The van der Waals surface area contributed by atoms with Crippen LogP contribution in [0.15, 0.2) is 87.5 Å². The second-order valence-electron chi connectivity index (χ2n) is 12.3. The fourth-order valence-corrected chi connectivity index (χ4v) is 7.61. The van der Waals surface area contributed by atoms with Gasteiger partial charge in [0.25, 0.3) is 6.02 Å². The first-order valence-electron chi connectivity index (χ1n) is 15.5. The summed E-state index contributed by atoms with van der Waals surface area (Å²) in [6, 6.07) is 0.365. The number of carbonyl (C=O) groups is 1. The summed E-state index contributed by atoms with van der Waals surface area (Å²) in [5, 5.41) is 28.2. The molecule has 0 aromatic rings. The number of nitrogens with one attached hydrogen (secondary N) is 2. The van der Waals surface area contributed by atoms with Gasteiger partial charge in [-0.05, 0) is 60.8 Å². The quantitative estimate of drug-likeness (QED) is 0.314. The number of aliphatic hydroxyl groups excluding tert-OH is 2. The van der Waals surface area contributed by atoms with E-state index in [9.17, 15) is 15.0 Å². The monoisotopic (exact) mass is 557 g/mol. The van der Waals surface area contributed by atoms with Gasteiger partial charge in [0.05, 0.1) is 18.3 Å². The van der Waals surface area contributed by atoms with Crippen LogP contribution in [-0.2, 0) is 9.53 Å². The Hall–Kier alpha value is -3.32. The van der Waals surface area contributed by atoms with Gasteiger partial charge in [0.2, 0.25) is 0 Å². The number of fused-ring (bicyclic) bond motifs is 4. The lowest BCUT2D eigenvalue weighted by atomic mass is 9.57. The number of ether oxygens (including phenoxy) is 1. The van der Waals surface area contributed by atoms with E-state index >= 15 is 0 Å². The molecule has 6 aliphatic rings. The number of nitrogens with zero attached hydrogens (tertiary/aromatic N) is 1. The van der Waals surface area contributed by atoms with Crippen LogP contribution in [-0.4, -0.2) is 40.9 Å². The van der Waals surface area contributed by atoms with Gasteiger partial charge in [0.1, 0.15) is 11.6 Å². The van der Waals surface area contributed by atoms with Crippen LogP contribution in [0.25, 0.3) is 0 Å². The highest BCUT2D eigenvalue weighted by Gasteiger charge is 2.44. The number of aliphatic hydroxyl groups is 2. The number of hydrogen-bond acceptors (Lipinski definition) is 7. The second kappa shape index (κ2) is 11.9. The smallest absolute Gasteiger partial charge is 0.292 e. The Bertz CT molecular complexity index is 1310. The van der Waals surface area contributed by atoms with Crippen molar-refractivity contribution in [3.63, 3.8) is 0 Å². The molecule has 6 rings (SSSR count). The number of unbranched alkanes of at least 4 members (excludes halogenated alkanes) is 3. The number of amidine groups is 1. The molecule has 7 atom stereocenters. The van der Waals surface area contributed by atoms with Gasteiger partial charge in [0.15, 0.2) is 11.9 Å². The van der Waals surface area contributed by atoms with Gasteiger partial charge < -0.3 is 20.3 Å². The lowest BCUT2D eigenvalue weighted by Crippen LogP contribution is -2.48. The molecule has 0 bridgehead atoms. The molecule has 0 aromatic heterocycles. The molecule has 0 aromatic carbocycles. The maximum Gasteiger partial charge on any atom is 0.292 e. The minimum atomic E-state index is -1.13. The Balaban J connectivity index is 1.40. The number of rotatable bonds is 6. The second-order valence-corrected chi connectivity index (χ2v) is 12.3. The highest BCUT2D eigenvalue weighted by Crippen LogP contribution is 2.53. The van der Waals surface area contributed by atoms with Crippen molar-refractivity contribution in [3.8, 4) is 0 Å². The van der Waals surface area contributed by atoms with Crippen molar-refractivity contribution in [2.75, 3.05) is 6.61 Å². The van der Waals surface area contributed by atoms with Crippen LogP contribution in [0.1, 0.15) is 65.2 Å². The molecule has 1 aliphatic heterocycles. The summed E-state index contributed by atoms with van der Waals surface area (Å²) < 4.78 is 6.15. The predicted molar refractivity (Wildman–Crippen MR) is 160 cm³/mol. The summed E-state index contributed by atoms with van der Waals surface area (Å²) in [6.45, 7) is 5.05. The minimum absolute atomic E-state index is 0.0772. The summed E-state index contributed by atoms with van der Waals surface area (Å²) in [5.74, 6) is 2.26. The number of aliphatic imine (C=N–C) groups is 1. The standard InChI is InChI=1S/C34H43N3O4/c1-3-4-5-8-16-41-34-36-32(35-33(37-34)31-28(39)17-22(38)18-29(31)40)27-19-26-23-12-7-6-11-21(23)14-15-25(26)30-20(2)10-9-13-24(27)30/h6-7,9,11-13,17,19-21,23,25-26,29,32,35,39-40H,3-5,8,10,14-16,18H2,1-2H3,(H,36,37). The first-order chi connectivity index (χ1) is 19.9. The van der Waals surface area contributed by atoms with Gasteiger partial charge in [-0.2, -0.15) is 0 Å². The first-order valence-corrected chi connectivity index (χ1v) is 15.5. The average molecular weight is 558 g/mol. The van der Waals surface area contributed by atoms with Crippen molar-refractivity contribution in [1.82, 2.24) is 10.6 Å². The van der Waals surface area contributed by atoms with E-state index in [1.54, 1.807) is 0 Å². The molecular weight excluding hydrogens is 514 g/mol. The Morgan fingerprint density at radius 3 is 2.80 bits per heavy atom. The largest absolute Gasteiger partial charge is 0.507 e. The van der Waals surface area contributed by atoms with Gasteiger partial charge >= 0.3 is 0 Å². The van der Waals surface area contributed by atoms with E-state index in [1.165, 1.54) is 30.1 Å². The maximum atomic E-state index is 12.0. The van der Waals surface area contributed by atoms with Gasteiger partial charge in [0, 0.05) is 18.1 Å². The maximum absolute atomic E-state index is 12.0. The van der Waals surface area contributed by atoms with Crippen LogP contribution in [0.5, 0.6) is 0 Å². The van der Waals surface area contributed by atoms with Crippen molar-refractivity contribution < 1.29 is 19.7 Å². The van der Waals surface area contributed by atoms with Crippen LogP contribution < -0.4 is 10.6 Å². The number of hydrogen-bond donors (Lipinski definition) is 4. The number of carbonyl (C=O) groups excluding carboxylic acids is 1. The molecule has 0 amide bonds. The summed E-state index contributed by atoms with van der Waals surface area (Å²) in [6.07, 6.45) is 23.4. The van der Waals surface area contributed by atoms with E-state index < -0.39 is 12.3 Å². The van der Waals surface area contributed by atoms with Crippen molar-refractivity contribution in [3.05, 3.63) is 82.5 Å². The van der Waals surface area contributed by atoms with E-state index in [4.69, 9.17) is 9.73 Å². The van der Waals surface area contributed by atoms with E-state index in [1.807, 2.05) is 0 Å². The van der Waals surface area contributed by atoms with Crippen molar-refractivity contribution in [2.24, 2.45) is 34.6 Å². The van der Waals surface area contributed by atoms with Gasteiger partial charge in [-0.1, -0.05) is 81.2 Å². The third-order valence-electron chi connectivity index (χ3n) is 9.58. The number of ketones is 1. The number of allylic oxidation sites excluding steroid dienone is 9. The third kappa shape index (κ3) is 5.49. The van der Waals surface area contributed by atoms with Crippen molar-refractivity contribution >= 4 is 11.8 Å². The molecule has 5 aliphatic carbocycles. The van der Waals surface area contributed by atoms with Gasteiger partial charge in [-0.25, -0.2) is 4.99 Å². The highest BCUT2D eigenvalue weighted by molar-refractivity contribution is 5.93. The zero-order valence-electron chi connectivity index (χ0n) is 24.2. The summed E-state index contributed by atoms with van der Waals surface area (Å²) >= 11 is 0. The van der Waals surface area contributed by atoms with Crippen LogP contribution in [0.2, 0.25) is 0 Å². The molecular formula is C34H43N3O4. The fraction of sp³-hybridized carbons (Fsp3) is 0.529. The molecule has 1 heterocycles. The summed E-state index contributed by atoms with van der Waals surface area (Å²) in [4.78, 5) is 17.0. The van der Waals surface area contributed by atoms with E-state index in [0.29, 0.717) is 48.0 Å². The van der Waals surface area contributed by atoms with Crippen LogP contribution in [0.4, 0.5) is 0 Å². The minimum Gasteiger partial charge on any atom is -0.507 e. The molecule has 41 heavy (non-hydrogen) atoms. The molecule has 7 nitrogen and oxygen atoms in total. The Morgan fingerprint density at radius 1 is 1.12 bits per heavy atom. The van der Waals surface area contributed by atoms with E-state index in [-0.39, 0.29) is 23.5 Å². The Kier molecular flexibility index (Phi) is 8.07. The SMILES string of the molecule is CCCCCCOC1=NC(C2=CC3C(CCC4C=CC=CC43)C3=C2C=CCC3C)NC(=C2C(O)=CC(=O)CC2O)N1. The predicted octanol–water partition coefficient (Wildman–Crippen LogP) is 5.66. The third-order valence-corrected chi connectivity index (χ3v) is 9.58. The van der Waals surface area contributed by atoms with E-state index in [2.05, 4.69) is 67.0 Å². The molecule has 218 valence electrons. The molecule has 7 unspecified atom stereocenters. The Labute approximate surface area is 243 Å². The molecule has 0 radical (unpaired) electrons. The summed E-state index contributed by atoms with van der Waals surface area (Å²) in [7, 11) is 0. The van der Waals surface area contributed by atoms with Crippen molar-refractivity contribution in [2.45, 2.75) is 77.5 Å². The zero-order valence-corrected chi connectivity index (χ0v) is 24.2. The first kappa shape index (κ1) is 27.8. The van der Waals surface area contributed by atoms with Gasteiger partial charge in [-0.3, -0.25) is 10.1 Å². The fourth-order valence-electron chi connectivity index (χ4n) is 7.61. The molecule has 0 spiro atoms. The molecule has 1 fully saturated rings. The Morgan fingerprint density at radius 2 is 1.98 bits per heavy atom. The lowest BCUT2D eigenvalue weighted by Gasteiger charge is -2.47. The normalized spacial score (nSPS) is 35.8. The lowest BCUT2D eigenvalue weighted by molar-refractivity contribution is -0.116. The van der Waals surface area contributed by atoms with Crippen LogP contribution in [0.3, 0.4) is 0 Å². The van der Waals surface area contributed by atoms with Gasteiger partial charge in [-0.15, -0.1) is 0 Å². The van der Waals surface area contributed by atoms with Crippen LogP contribution >= 0.6 is 0 Å². The summed E-state index contributed by atoms with van der Waals surface area (Å²) in [5.41, 5.74) is 4.18. The van der Waals surface area contributed by atoms with E-state index in [0.717, 1.165) is 37.7 Å². The average Bonchev–Trinajstić information content (AvgIpc) is 2.96. The topological polar surface area (TPSA) is 103 Å². The molecule has 4 N–H and O–H groups in total. The molecule has 1 saturated carbocycles. The van der Waals surface area contributed by atoms with Crippen LogP contribution in [0, 0.1) is 29.6 Å². The zero-order chi connectivity index (χ0) is 28.5.